The van der Waals surface area contributed by atoms with Gasteiger partial charge in [0.1, 0.15) is 11.5 Å². The lowest BCUT2D eigenvalue weighted by atomic mass is 10.1. The number of carbonyl (C=O) groups is 1. The number of nitrogens with one attached hydrogen (secondary N) is 2. The third-order valence-corrected chi connectivity index (χ3v) is 7.90. The van der Waals surface area contributed by atoms with Gasteiger partial charge in [0.15, 0.2) is 0 Å². The van der Waals surface area contributed by atoms with Crippen molar-refractivity contribution in [1.29, 1.82) is 0 Å². The molecular formula is C27H36FN7O2. The van der Waals surface area contributed by atoms with Crippen LogP contribution in [0.3, 0.4) is 0 Å². The van der Waals surface area contributed by atoms with Crippen molar-refractivity contribution in [3.8, 4) is 0 Å². The van der Waals surface area contributed by atoms with Gasteiger partial charge in [0.05, 0.1) is 5.69 Å². The molecule has 0 spiro atoms. The maximum Gasteiger partial charge on any atom is 0.270 e. The second-order valence-corrected chi connectivity index (χ2v) is 10.3. The number of aromatic amines is 1. The van der Waals surface area contributed by atoms with Gasteiger partial charge in [0.2, 0.25) is 5.95 Å². The summed E-state index contributed by atoms with van der Waals surface area (Å²) in [5, 5.41) is 3.00. The molecule has 37 heavy (non-hydrogen) atoms. The number of aromatic nitrogens is 3. The Balaban J connectivity index is 1.16. The molecule has 1 atom stereocenters. The lowest BCUT2D eigenvalue weighted by molar-refractivity contribution is 0.0910. The quantitative estimate of drug-likeness (QED) is 0.576. The number of anilines is 1. The zero-order valence-electron chi connectivity index (χ0n) is 21.7. The molecule has 5 rings (SSSR count). The van der Waals surface area contributed by atoms with Crippen LogP contribution in [0.1, 0.15) is 54.5 Å². The Labute approximate surface area is 216 Å². The summed E-state index contributed by atoms with van der Waals surface area (Å²) in [5.74, 6) is -0.247. The second kappa shape index (κ2) is 11.1. The molecule has 2 N–H and O–H groups in total. The number of nitrogens with zero attached hydrogens (tertiary/aromatic N) is 5. The van der Waals surface area contributed by atoms with Gasteiger partial charge in [-0.1, -0.05) is 13.0 Å². The maximum absolute atomic E-state index is 14.9. The highest BCUT2D eigenvalue weighted by molar-refractivity contribution is 5.92. The van der Waals surface area contributed by atoms with Crippen LogP contribution in [0.25, 0.3) is 5.57 Å². The van der Waals surface area contributed by atoms with E-state index in [0.717, 1.165) is 57.4 Å². The Bertz CT molecular complexity index is 1210. The van der Waals surface area contributed by atoms with Crippen molar-refractivity contribution < 1.29 is 9.18 Å². The zero-order valence-corrected chi connectivity index (χ0v) is 21.7. The monoisotopic (exact) mass is 509 g/mol. The number of aryl methyl sites for hydroxylation is 1. The number of pyridine rings is 1. The summed E-state index contributed by atoms with van der Waals surface area (Å²) in [6.45, 7) is 6.78. The van der Waals surface area contributed by atoms with E-state index >= 15 is 0 Å². The van der Waals surface area contributed by atoms with E-state index in [0.29, 0.717) is 36.6 Å². The van der Waals surface area contributed by atoms with Gasteiger partial charge in [-0.3, -0.25) is 14.5 Å². The van der Waals surface area contributed by atoms with Crippen LogP contribution in [0.4, 0.5) is 10.1 Å². The Morgan fingerprint density at radius 1 is 1.14 bits per heavy atom. The molecule has 9 nitrogen and oxygen atoms in total. The molecule has 1 unspecified atom stereocenters. The van der Waals surface area contributed by atoms with Crippen molar-refractivity contribution in [3.05, 3.63) is 57.8 Å². The highest BCUT2D eigenvalue weighted by atomic mass is 19.1. The molecule has 3 aliphatic rings. The maximum atomic E-state index is 14.9. The molecule has 2 aliphatic heterocycles. The number of halogens is 1. The van der Waals surface area contributed by atoms with Crippen LogP contribution in [0.15, 0.2) is 29.2 Å². The van der Waals surface area contributed by atoms with Crippen molar-refractivity contribution in [2.45, 2.75) is 51.1 Å². The zero-order chi connectivity index (χ0) is 25.9. The fourth-order valence-electron chi connectivity index (χ4n) is 5.52. The van der Waals surface area contributed by atoms with Gasteiger partial charge in [0, 0.05) is 50.0 Å². The Morgan fingerprint density at radius 3 is 2.57 bits per heavy atom. The van der Waals surface area contributed by atoms with E-state index in [1.807, 2.05) is 11.8 Å². The van der Waals surface area contributed by atoms with Crippen molar-refractivity contribution >= 4 is 17.2 Å². The summed E-state index contributed by atoms with van der Waals surface area (Å²) < 4.78 is 14.9. The molecule has 10 heteroatoms. The summed E-state index contributed by atoms with van der Waals surface area (Å²) in [7, 11) is 2.07. The number of piperazine rings is 1. The average molecular weight is 510 g/mol. The largest absolute Gasteiger partial charge is 0.365 e. The molecule has 0 saturated carbocycles. The molecule has 2 fully saturated rings. The average Bonchev–Trinajstić information content (AvgIpc) is 3.40. The van der Waals surface area contributed by atoms with E-state index in [4.69, 9.17) is 0 Å². The summed E-state index contributed by atoms with van der Waals surface area (Å²) >= 11 is 0. The SMILES string of the molecule is CCc1cnc(C2=CC(N3CCN(c4ccc(C(=O)NC5CCN(C)CC5)nc4F)CC3)CC2)[nH]c1=O. The number of carbonyl (C=O) groups excluding carboxylic acids is 1. The number of piperidine rings is 1. The van der Waals surface area contributed by atoms with Crippen molar-refractivity contribution in [2.24, 2.45) is 0 Å². The fraction of sp³-hybridized carbons (Fsp3) is 0.556. The van der Waals surface area contributed by atoms with Gasteiger partial charge >= 0.3 is 0 Å². The third kappa shape index (κ3) is 5.75. The summed E-state index contributed by atoms with van der Waals surface area (Å²) in [6.07, 6.45) is 8.19. The lowest BCUT2D eigenvalue weighted by Crippen LogP contribution is -2.49. The van der Waals surface area contributed by atoms with E-state index in [9.17, 15) is 14.0 Å². The predicted octanol–water partition coefficient (Wildman–Crippen LogP) is 2.06. The van der Waals surface area contributed by atoms with Crippen LogP contribution in [-0.2, 0) is 6.42 Å². The van der Waals surface area contributed by atoms with Crippen molar-refractivity contribution in [2.75, 3.05) is 51.2 Å². The van der Waals surface area contributed by atoms with Crippen LogP contribution in [0.2, 0.25) is 0 Å². The van der Waals surface area contributed by atoms with E-state index < -0.39 is 5.95 Å². The van der Waals surface area contributed by atoms with Crippen molar-refractivity contribution in [1.82, 2.24) is 30.1 Å². The van der Waals surface area contributed by atoms with Gasteiger partial charge in [-0.05, 0) is 69.9 Å². The van der Waals surface area contributed by atoms with Crippen LogP contribution in [-0.4, -0.2) is 89.1 Å². The molecule has 1 amide bonds. The molecular weight excluding hydrogens is 473 g/mol. The first-order valence-electron chi connectivity index (χ1n) is 13.4. The van der Waals surface area contributed by atoms with E-state index in [1.54, 1.807) is 18.3 Å². The lowest BCUT2D eigenvalue weighted by Gasteiger charge is -2.38. The standard InChI is InChI=1S/C27H36FN7O2/c1-3-18-17-29-25(32-26(18)36)19-4-5-21(16-19)34-12-14-35(15-13-34)23-7-6-22(31-24(23)28)27(37)30-20-8-10-33(2)11-9-20/h6-7,16-17,20-21H,3-5,8-15H2,1-2H3,(H,30,37)(H,29,32,36). The van der Waals surface area contributed by atoms with Crippen molar-refractivity contribution in [3.63, 3.8) is 0 Å². The predicted molar refractivity (Wildman–Crippen MR) is 141 cm³/mol. The number of amides is 1. The number of H-pyrrole nitrogens is 1. The number of hydrogen-bond donors (Lipinski definition) is 2. The van der Waals surface area contributed by atoms with Gasteiger partial charge in [0.25, 0.3) is 11.5 Å². The van der Waals surface area contributed by atoms with Crippen LogP contribution in [0.5, 0.6) is 0 Å². The molecule has 1 aliphatic carbocycles. The molecule has 2 aromatic rings. The summed E-state index contributed by atoms with van der Waals surface area (Å²) in [5.41, 5.74) is 2.28. The van der Waals surface area contributed by atoms with Crippen LogP contribution < -0.4 is 15.8 Å². The molecule has 0 radical (unpaired) electrons. The van der Waals surface area contributed by atoms with E-state index in [-0.39, 0.29) is 29.2 Å². The van der Waals surface area contributed by atoms with E-state index in [1.165, 1.54) is 0 Å². The summed E-state index contributed by atoms with van der Waals surface area (Å²) in [6, 6.07) is 3.69. The topological polar surface area (TPSA) is 97.5 Å². The third-order valence-electron chi connectivity index (χ3n) is 7.90. The van der Waals surface area contributed by atoms with Crippen LogP contribution >= 0.6 is 0 Å². The number of hydrogen-bond acceptors (Lipinski definition) is 7. The summed E-state index contributed by atoms with van der Waals surface area (Å²) in [4.78, 5) is 42.8. The number of allylic oxidation sites excluding steroid dienone is 1. The Morgan fingerprint density at radius 2 is 1.89 bits per heavy atom. The Kier molecular flexibility index (Phi) is 7.66. The highest BCUT2D eigenvalue weighted by Crippen LogP contribution is 2.30. The Hall–Kier alpha value is -3.11. The molecule has 2 aromatic heterocycles. The van der Waals surface area contributed by atoms with Gasteiger partial charge in [-0.2, -0.15) is 4.39 Å². The number of rotatable bonds is 6. The first-order valence-corrected chi connectivity index (χ1v) is 13.4. The minimum absolute atomic E-state index is 0.0635. The van der Waals surface area contributed by atoms with Gasteiger partial charge in [-0.15, -0.1) is 0 Å². The normalized spacial score (nSPS) is 21.8. The van der Waals surface area contributed by atoms with Crippen LogP contribution in [0, 0.1) is 5.95 Å². The molecule has 2 saturated heterocycles. The fourth-order valence-corrected chi connectivity index (χ4v) is 5.52. The molecule has 4 heterocycles. The highest BCUT2D eigenvalue weighted by Gasteiger charge is 2.29. The number of likely N-dealkylation sites (tertiary alicyclic amines) is 1. The van der Waals surface area contributed by atoms with Gasteiger partial charge in [-0.25, -0.2) is 9.97 Å². The first kappa shape index (κ1) is 25.5. The smallest absolute Gasteiger partial charge is 0.270 e. The second-order valence-electron chi connectivity index (χ2n) is 10.3. The van der Waals surface area contributed by atoms with Gasteiger partial charge < -0.3 is 20.1 Å². The molecule has 198 valence electrons. The van der Waals surface area contributed by atoms with E-state index in [2.05, 4.69) is 43.2 Å². The first-order chi connectivity index (χ1) is 17.9. The molecule has 0 aromatic carbocycles. The minimum atomic E-state index is -0.599. The molecule has 0 bridgehead atoms. The minimum Gasteiger partial charge on any atom is -0.365 e.